The van der Waals surface area contributed by atoms with E-state index in [4.69, 9.17) is 20.6 Å². The van der Waals surface area contributed by atoms with Crippen LogP contribution in [-0.4, -0.2) is 125 Å². The van der Waals surface area contributed by atoms with E-state index in [0.717, 1.165) is 40.4 Å². The number of carbonyl (C=O) groups is 4. The highest BCUT2D eigenvalue weighted by Crippen LogP contribution is 2.38. The fraction of sp³-hybridized carbons (Fsp3) is 0.488. The van der Waals surface area contributed by atoms with Gasteiger partial charge in [-0.3, -0.25) is 24.0 Å². The number of aromatic nitrogens is 5. The molecule has 5 N–H and O–H groups in total. The van der Waals surface area contributed by atoms with Crippen molar-refractivity contribution in [2.45, 2.75) is 75.4 Å². The molecule has 20 heteroatoms. The molecule has 2 aromatic carbocycles. The van der Waals surface area contributed by atoms with Crippen molar-refractivity contribution in [2.75, 3.05) is 38.6 Å². The fourth-order valence-electron chi connectivity index (χ4n) is 8.01. The average Bonchev–Trinajstić information content (AvgIpc) is 4.03. The van der Waals surface area contributed by atoms with Crippen LogP contribution in [0.15, 0.2) is 60.9 Å². The predicted octanol–water partition coefficient (Wildman–Crippen LogP) is 3.37. The van der Waals surface area contributed by atoms with Crippen molar-refractivity contribution in [2.24, 2.45) is 17.6 Å². The largest absolute Gasteiger partial charge is 0.480 e. The molecule has 4 aromatic rings. The summed E-state index contributed by atoms with van der Waals surface area (Å²) >= 11 is 1.02. The number of amides is 4. The van der Waals surface area contributed by atoms with Gasteiger partial charge in [-0.1, -0.05) is 35.5 Å². The molecule has 3 fully saturated rings. The smallest absolute Gasteiger partial charge is 0.321 e. The summed E-state index contributed by atoms with van der Waals surface area (Å²) in [6.45, 7) is 3.46. The number of ether oxygens (including phenoxy) is 1. The van der Waals surface area contributed by atoms with Crippen molar-refractivity contribution in [3.05, 3.63) is 89.6 Å². The van der Waals surface area contributed by atoms with E-state index in [9.17, 15) is 23.6 Å². The van der Waals surface area contributed by atoms with Gasteiger partial charge in [0.25, 0.3) is 0 Å². The first-order chi connectivity index (χ1) is 29.3. The van der Waals surface area contributed by atoms with Crippen LogP contribution in [0.25, 0.3) is 11.3 Å². The lowest BCUT2D eigenvalue weighted by atomic mass is 9.89. The minimum absolute atomic E-state index is 0.0291. The third-order valence-electron chi connectivity index (χ3n) is 11.2. The minimum atomic E-state index is -1.22. The maximum atomic E-state index is 15.4. The van der Waals surface area contributed by atoms with E-state index in [2.05, 4.69) is 20.9 Å². The number of alkyl halides is 1. The van der Waals surface area contributed by atoms with Gasteiger partial charge in [0.1, 0.15) is 35.4 Å². The Labute approximate surface area is 354 Å². The van der Waals surface area contributed by atoms with Gasteiger partial charge in [-0.25, -0.2) is 22.9 Å². The van der Waals surface area contributed by atoms with E-state index in [-0.39, 0.29) is 55.5 Å². The lowest BCUT2D eigenvalue weighted by molar-refractivity contribution is -0.139. The summed E-state index contributed by atoms with van der Waals surface area (Å²) in [7, 11) is 0. The molecule has 3 aliphatic heterocycles. The van der Waals surface area contributed by atoms with Gasteiger partial charge in [0.15, 0.2) is 0 Å². The van der Waals surface area contributed by atoms with Gasteiger partial charge < -0.3 is 35.7 Å². The van der Waals surface area contributed by atoms with Crippen LogP contribution in [0.4, 0.5) is 18.0 Å². The molecule has 0 radical (unpaired) electrons. The summed E-state index contributed by atoms with van der Waals surface area (Å²) in [4.78, 5) is 59.3. The van der Waals surface area contributed by atoms with Crippen LogP contribution in [-0.2, 0) is 38.8 Å². The lowest BCUT2D eigenvalue weighted by Gasteiger charge is -2.40. The molecule has 326 valence electrons. The van der Waals surface area contributed by atoms with Crippen molar-refractivity contribution < 1.29 is 42.2 Å². The number of likely N-dealkylation sites (tertiary alicyclic amines) is 1. The van der Waals surface area contributed by atoms with Crippen molar-refractivity contribution in [1.82, 2.24) is 45.0 Å². The number of halogens is 3. The normalized spacial score (nSPS) is 21.1. The molecule has 4 amide bonds. The molecular weight excluding hydrogens is 818 g/mol. The molecule has 0 spiro atoms. The highest BCUT2D eigenvalue weighted by molar-refractivity contribution is 8.00. The third-order valence-corrected chi connectivity index (χ3v) is 12.5. The number of imidazole rings is 1. The standard InChI is InChI=1S/C41H49F3N10O6S/c1-24(17-52-20-29(49-50-52)21-53-36(55)14-35(39(53)56)61-23-33(45)40(57)58)47-41(59)54(19-27-15-46-16-32(27)44)37(26-9-11-60-12-10-26)38-48-34(30-13-28(42)7-8-31(30)43)22-51(38)18-25-5-3-2-4-6-25/h2-8,13,20,22,24,26-27,32-33,35,37,46H,9-12,14-19,21,23,45H2,1H3,(H,47,59)(H,57,58)/t24-,27-,32-,33-,35?,37+/m0/s1. The Morgan fingerprint density at radius 1 is 1.10 bits per heavy atom. The second kappa shape index (κ2) is 19.6. The van der Waals surface area contributed by atoms with Gasteiger partial charge in [-0.2, -0.15) is 0 Å². The van der Waals surface area contributed by atoms with Crippen LogP contribution in [0, 0.1) is 23.5 Å². The molecule has 0 aliphatic carbocycles. The second-order valence-corrected chi connectivity index (χ2v) is 17.0. The zero-order valence-electron chi connectivity index (χ0n) is 33.5. The number of carboxylic acid groups (broad SMARTS) is 1. The number of aliphatic carboxylic acids is 1. The molecule has 16 nitrogen and oxygen atoms in total. The number of hydrogen-bond donors (Lipinski definition) is 4. The Morgan fingerprint density at radius 2 is 1.87 bits per heavy atom. The molecule has 61 heavy (non-hydrogen) atoms. The van der Waals surface area contributed by atoms with Gasteiger partial charge in [0.05, 0.1) is 36.3 Å². The number of nitrogens with zero attached hydrogens (tertiary/aromatic N) is 7. The van der Waals surface area contributed by atoms with Gasteiger partial charge in [0, 0.05) is 75.3 Å². The van der Waals surface area contributed by atoms with Crippen molar-refractivity contribution in [3.63, 3.8) is 0 Å². The van der Waals surface area contributed by atoms with E-state index in [0.29, 0.717) is 50.7 Å². The maximum absolute atomic E-state index is 15.4. The number of urea groups is 1. The van der Waals surface area contributed by atoms with E-state index >= 15 is 8.78 Å². The number of nitrogens with two attached hydrogens (primary N) is 1. The van der Waals surface area contributed by atoms with Crippen LogP contribution in [0.5, 0.6) is 0 Å². The summed E-state index contributed by atoms with van der Waals surface area (Å²) in [5.41, 5.74) is 6.97. The third kappa shape index (κ3) is 10.6. The number of carbonyl (C=O) groups excluding carboxylic acids is 3. The van der Waals surface area contributed by atoms with Crippen LogP contribution in [0.2, 0.25) is 0 Å². The minimum Gasteiger partial charge on any atom is -0.480 e. The Hall–Kier alpha value is -5.31. The number of carboxylic acids is 1. The van der Waals surface area contributed by atoms with E-state index in [1.807, 2.05) is 34.9 Å². The number of rotatable bonds is 17. The topological polar surface area (TPSA) is 203 Å². The molecule has 6 atom stereocenters. The van der Waals surface area contributed by atoms with Crippen LogP contribution < -0.4 is 16.4 Å². The Balaban J connectivity index is 1.14. The SMILES string of the molecule is C[C@@H](Cn1cc(CN2C(=O)CC(SC[C@H](N)C(=O)O)C2=O)nn1)NC(=O)N(C[C@@H]1CNC[C@@H]1F)[C@@H](c1nc(-c2cc(F)ccc2F)cn1Cc1ccccc1)C1CCOCC1. The zero-order chi connectivity index (χ0) is 43.2. The molecule has 1 unspecified atom stereocenters. The van der Waals surface area contributed by atoms with E-state index < -0.39 is 70.9 Å². The lowest BCUT2D eigenvalue weighted by Crippen LogP contribution is -2.51. The number of hydrogen-bond acceptors (Lipinski definition) is 11. The molecule has 0 saturated carbocycles. The van der Waals surface area contributed by atoms with E-state index in [1.54, 1.807) is 24.2 Å². The van der Waals surface area contributed by atoms with Crippen LogP contribution >= 0.6 is 11.8 Å². The van der Waals surface area contributed by atoms with E-state index in [1.165, 1.54) is 4.68 Å². The van der Waals surface area contributed by atoms with Crippen LogP contribution in [0.3, 0.4) is 0 Å². The van der Waals surface area contributed by atoms with Gasteiger partial charge >= 0.3 is 12.0 Å². The fourth-order valence-corrected chi connectivity index (χ4v) is 9.12. The summed E-state index contributed by atoms with van der Waals surface area (Å²) < 4.78 is 54.4. The average molecular weight is 867 g/mol. The van der Waals surface area contributed by atoms with Crippen molar-refractivity contribution in [3.8, 4) is 11.3 Å². The first-order valence-electron chi connectivity index (χ1n) is 20.2. The van der Waals surface area contributed by atoms with Gasteiger partial charge in [0.2, 0.25) is 11.8 Å². The maximum Gasteiger partial charge on any atom is 0.321 e. The van der Waals surface area contributed by atoms with Crippen molar-refractivity contribution in [1.29, 1.82) is 0 Å². The highest BCUT2D eigenvalue weighted by atomic mass is 32.2. The molecule has 7 rings (SSSR count). The Morgan fingerprint density at radius 3 is 2.59 bits per heavy atom. The number of thioether (sulfide) groups is 1. The monoisotopic (exact) mass is 866 g/mol. The summed E-state index contributed by atoms with van der Waals surface area (Å²) in [5.74, 6) is -3.69. The van der Waals surface area contributed by atoms with Crippen molar-refractivity contribution >= 4 is 35.6 Å². The first kappa shape index (κ1) is 43.8. The zero-order valence-corrected chi connectivity index (χ0v) is 34.4. The predicted molar refractivity (Wildman–Crippen MR) is 217 cm³/mol. The number of nitrogens with one attached hydrogen (secondary N) is 2. The molecule has 5 heterocycles. The molecule has 3 aliphatic rings. The molecule has 2 aromatic heterocycles. The second-order valence-electron chi connectivity index (χ2n) is 15.8. The van der Waals surface area contributed by atoms with Gasteiger partial charge in [-0.05, 0) is 49.4 Å². The van der Waals surface area contributed by atoms with Crippen LogP contribution in [0.1, 0.15) is 49.3 Å². The summed E-state index contributed by atoms with van der Waals surface area (Å²) in [6.07, 6.45) is 3.05. The first-order valence-corrected chi connectivity index (χ1v) is 21.3. The Kier molecular flexibility index (Phi) is 14.1. The number of imide groups is 1. The molecule has 0 bridgehead atoms. The number of benzene rings is 2. The molecular formula is C41H49F3N10O6S. The molecule has 3 saturated heterocycles. The highest BCUT2D eigenvalue weighted by Gasteiger charge is 2.42. The quantitative estimate of drug-likeness (QED) is 0.113. The van der Waals surface area contributed by atoms with Gasteiger partial charge in [-0.15, -0.1) is 16.9 Å². The summed E-state index contributed by atoms with van der Waals surface area (Å²) in [5, 5.41) is 22.8. The Bertz CT molecular complexity index is 2190. The summed E-state index contributed by atoms with van der Waals surface area (Å²) in [6, 6.07) is 9.79.